The predicted octanol–water partition coefficient (Wildman–Crippen LogP) is 1.13. The van der Waals surface area contributed by atoms with Gasteiger partial charge in [-0.25, -0.2) is 0 Å². The van der Waals surface area contributed by atoms with Crippen molar-refractivity contribution in [2.75, 3.05) is 18.0 Å². The molecular formula is C11H13BrN2O2. The van der Waals surface area contributed by atoms with Crippen molar-refractivity contribution in [3.63, 3.8) is 0 Å². The fourth-order valence-electron chi connectivity index (χ4n) is 2.43. The number of anilines is 1. The van der Waals surface area contributed by atoms with Gasteiger partial charge in [0.15, 0.2) is 0 Å². The standard InChI is InChI=1S/C11H13BrN2O2/c1-13-4-7(12)2-10(11(13)15)14-5-8-3-9(6-14)16-8/h2,4,8-9H,3,5-6H2,1H3. The number of nitrogens with zero attached hydrogens (tertiary/aromatic N) is 2. The summed E-state index contributed by atoms with van der Waals surface area (Å²) in [6.45, 7) is 1.67. The zero-order valence-electron chi connectivity index (χ0n) is 9.02. The maximum atomic E-state index is 12.0. The molecule has 16 heavy (non-hydrogen) atoms. The van der Waals surface area contributed by atoms with Crippen molar-refractivity contribution in [3.05, 3.63) is 27.1 Å². The van der Waals surface area contributed by atoms with Crippen LogP contribution in [0.15, 0.2) is 21.5 Å². The van der Waals surface area contributed by atoms with Crippen LogP contribution in [0.25, 0.3) is 0 Å². The molecule has 0 spiro atoms. The smallest absolute Gasteiger partial charge is 0.273 e. The molecule has 2 atom stereocenters. The van der Waals surface area contributed by atoms with Gasteiger partial charge in [0.2, 0.25) is 0 Å². The minimum absolute atomic E-state index is 0.0597. The zero-order chi connectivity index (χ0) is 11.3. The summed E-state index contributed by atoms with van der Waals surface area (Å²) in [6.07, 6.45) is 3.57. The third-order valence-electron chi connectivity index (χ3n) is 3.23. The van der Waals surface area contributed by atoms with E-state index in [-0.39, 0.29) is 5.56 Å². The van der Waals surface area contributed by atoms with Gasteiger partial charge in [0, 0.05) is 37.2 Å². The van der Waals surface area contributed by atoms with Crippen molar-refractivity contribution in [3.8, 4) is 0 Å². The second-order valence-electron chi connectivity index (χ2n) is 4.48. The first-order chi connectivity index (χ1) is 7.63. The Balaban J connectivity index is 1.97. The number of hydrogen-bond acceptors (Lipinski definition) is 3. The summed E-state index contributed by atoms with van der Waals surface area (Å²) in [6, 6.07) is 1.90. The average molecular weight is 285 g/mol. The van der Waals surface area contributed by atoms with Crippen LogP contribution in [-0.4, -0.2) is 29.9 Å². The minimum atomic E-state index is 0.0597. The number of piperidine rings is 1. The van der Waals surface area contributed by atoms with Crippen LogP contribution >= 0.6 is 15.9 Å². The highest BCUT2D eigenvalue weighted by atomic mass is 79.9. The Kier molecular flexibility index (Phi) is 2.33. The monoisotopic (exact) mass is 284 g/mol. The average Bonchev–Trinajstić information content (AvgIpc) is 2.22. The maximum Gasteiger partial charge on any atom is 0.273 e. The number of ether oxygens (including phenoxy) is 1. The van der Waals surface area contributed by atoms with E-state index in [4.69, 9.17) is 4.74 Å². The van der Waals surface area contributed by atoms with Crippen LogP contribution in [0.3, 0.4) is 0 Å². The van der Waals surface area contributed by atoms with E-state index in [1.54, 1.807) is 17.8 Å². The predicted molar refractivity (Wildman–Crippen MR) is 64.9 cm³/mol. The van der Waals surface area contributed by atoms with E-state index >= 15 is 0 Å². The van der Waals surface area contributed by atoms with E-state index in [0.717, 1.165) is 29.7 Å². The van der Waals surface area contributed by atoms with Gasteiger partial charge in [-0.05, 0) is 22.0 Å². The Morgan fingerprint density at radius 2 is 2.06 bits per heavy atom. The van der Waals surface area contributed by atoms with Gasteiger partial charge in [-0.15, -0.1) is 0 Å². The molecule has 2 bridgehead atoms. The molecule has 4 heterocycles. The number of hydrogen-bond donors (Lipinski definition) is 0. The Morgan fingerprint density at radius 1 is 1.44 bits per heavy atom. The molecule has 3 fully saturated rings. The van der Waals surface area contributed by atoms with E-state index in [1.165, 1.54) is 0 Å². The molecule has 4 nitrogen and oxygen atoms in total. The summed E-state index contributed by atoms with van der Waals surface area (Å²) >= 11 is 3.42. The van der Waals surface area contributed by atoms with Gasteiger partial charge in [-0.3, -0.25) is 4.79 Å². The quantitative estimate of drug-likeness (QED) is 0.775. The molecule has 0 aromatic carbocycles. The number of aromatic nitrogens is 1. The van der Waals surface area contributed by atoms with Crippen LogP contribution in [0.5, 0.6) is 0 Å². The summed E-state index contributed by atoms with van der Waals surface area (Å²) in [5, 5.41) is 0. The molecule has 1 aromatic rings. The van der Waals surface area contributed by atoms with E-state index in [9.17, 15) is 4.79 Å². The Bertz CT molecular complexity index is 469. The van der Waals surface area contributed by atoms with E-state index in [1.807, 2.05) is 6.07 Å². The van der Waals surface area contributed by atoms with Crippen molar-refractivity contribution in [1.29, 1.82) is 0 Å². The first kappa shape index (κ1) is 10.4. The largest absolute Gasteiger partial charge is 0.371 e. The van der Waals surface area contributed by atoms with Gasteiger partial charge in [0.05, 0.1) is 12.2 Å². The van der Waals surface area contributed by atoms with Crippen molar-refractivity contribution in [2.24, 2.45) is 7.05 Å². The lowest BCUT2D eigenvalue weighted by Gasteiger charge is -2.47. The van der Waals surface area contributed by atoms with Gasteiger partial charge < -0.3 is 14.2 Å². The lowest BCUT2D eigenvalue weighted by Crippen LogP contribution is -2.58. The topological polar surface area (TPSA) is 34.5 Å². The summed E-state index contributed by atoms with van der Waals surface area (Å²) in [5.74, 6) is 0. The third-order valence-corrected chi connectivity index (χ3v) is 3.66. The van der Waals surface area contributed by atoms with Gasteiger partial charge in [0.25, 0.3) is 5.56 Å². The molecule has 3 saturated heterocycles. The Morgan fingerprint density at radius 3 is 2.69 bits per heavy atom. The first-order valence-corrected chi connectivity index (χ1v) is 6.19. The molecule has 1 aromatic heterocycles. The van der Waals surface area contributed by atoms with Crippen LogP contribution in [0.2, 0.25) is 0 Å². The molecule has 2 unspecified atom stereocenters. The van der Waals surface area contributed by atoms with E-state index in [0.29, 0.717) is 12.2 Å². The van der Waals surface area contributed by atoms with Gasteiger partial charge in [-0.1, -0.05) is 0 Å². The molecule has 0 amide bonds. The summed E-state index contributed by atoms with van der Waals surface area (Å²) < 4.78 is 8.11. The lowest BCUT2D eigenvalue weighted by molar-refractivity contribution is -0.133. The van der Waals surface area contributed by atoms with Crippen molar-refractivity contribution < 1.29 is 4.74 Å². The Hall–Kier alpha value is -0.810. The number of aryl methyl sites for hydroxylation is 1. The van der Waals surface area contributed by atoms with Crippen LogP contribution < -0.4 is 10.5 Å². The molecular weight excluding hydrogens is 272 g/mol. The number of pyridine rings is 1. The fraction of sp³-hybridized carbons (Fsp3) is 0.545. The lowest BCUT2D eigenvalue weighted by atomic mass is 9.98. The first-order valence-electron chi connectivity index (χ1n) is 5.40. The minimum Gasteiger partial charge on any atom is -0.371 e. The fourth-order valence-corrected chi connectivity index (χ4v) is 2.96. The molecule has 0 saturated carbocycles. The van der Waals surface area contributed by atoms with Crippen LogP contribution in [-0.2, 0) is 11.8 Å². The van der Waals surface area contributed by atoms with Gasteiger partial charge in [-0.2, -0.15) is 0 Å². The number of morpholine rings is 1. The Labute approximate surface area is 102 Å². The van der Waals surface area contributed by atoms with Gasteiger partial charge in [0.1, 0.15) is 5.69 Å². The number of rotatable bonds is 1. The highest BCUT2D eigenvalue weighted by Gasteiger charge is 2.39. The third kappa shape index (κ3) is 1.58. The SMILES string of the molecule is Cn1cc(Br)cc(N2CC3CC(C2)O3)c1=O. The molecule has 86 valence electrons. The van der Waals surface area contributed by atoms with E-state index < -0.39 is 0 Å². The normalized spacial score (nSPS) is 27.8. The van der Waals surface area contributed by atoms with Crippen LogP contribution in [0.1, 0.15) is 6.42 Å². The second kappa shape index (κ2) is 3.60. The summed E-state index contributed by atoms with van der Waals surface area (Å²) in [5.41, 5.74) is 0.833. The second-order valence-corrected chi connectivity index (χ2v) is 5.40. The molecule has 4 rings (SSSR count). The van der Waals surface area contributed by atoms with Gasteiger partial charge >= 0.3 is 0 Å². The molecule has 3 aliphatic rings. The molecule has 0 N–H and O–H groups in total. The molecule has 3 aliphatic heterocycles. The van der Waals surface area contributed by atoms with Crippen molar-refractivity contribution in [2.45, 2.75) is 18.6 Å². The van der Waals surface area contributed by atoms with E-state index in [2.05, 4.69) is 20.8 Å². The number of fused-ring (bicyclic) bond motifs is 2. The van der Waals surface area contributed by atoms with Crippen LogP contribution in [0, 0.1) is 0 Å². The molecule has 0 aliphatic carbocycles. The van der Waals surface area contributed by atoms with Crippen molar-refractivity contribution in [1.82, 2.24) is 4.57 Å². The van der Waals surface area contributed by atoms with Crippen molar-refractivity contribution >= 4 is 21.6 Å². The molecule has 5 heteroatoms. The maximum absolute atomic E-state index is 12.0. The number of halogens is 1. The highest BCUT2D eigenvalue weighted by Crippen LogP contribution is 2.30. The summed E-state index contributed by atoms with van der Waals surface area (Å²) in [4.78, 5) is 14.1. The van der Waals surface area contributed by atoms with Crippen LogP contribution in [0.4, 0.5) is 5.69 Å². The zero-order valence-corrected chi connectivity index (χ0v) is 10.6. The summed E-state index contributed by atoms with van der Waals surface area (Å²) in [7, 11) is 1.78. The molecule has 0 radical (unpaired) electrons. The highest BCUT2D eigenvalue weighted by molar-refractivity contribution is 9.10.